The van der Waals surface area contributed by atoms with Crippen LogP contribution in [0.15, 0.2) is 71.6 Å². The molecule has 1 aliphatic heterocycles. The number of carbonyl (C=O) groups is 1. The van der Waals surface area contributed by atoms with Crippen molar-refractivity contribution in [3.8, 4) is 11.1 Å². The molecule has 8 nitrogen and oxygen atoms in total. The van der Waals surface area contributed by atoms with Gasteiger partial charge >= 0.3 is 5.97 Å². The SMILES string of the molecule is CCCCc1nc2ccc(S(=O)(=O)N3CCOCC3)cc2n1Cc1ccc(-c2ccccc2C(=O)OC)cc1. The summed E-state index contributed by atoms with van der Waals surface area (Å²) in [4.78, 5) is 17.4. The second-order valence-electron chi connectivity index (χ2n) is 9.62. The maximum absolute atomic E-state index is 13.4. The van der Waals surface area contributed by atoms with Crippen molar-refractivity contribution >= 4 is 27.0 Å². The number of aromatic nitrogens is 2. The minimum Gasteiger partial charge on any atom is -0.465 e. The summed E-state index contributed by atoms with van der Waals surface area (Å²) in [6.45, 7) is 4.21. The van der Waals surface area contributed by atoms with Crippen molar-refractivity contribution < 1.29 is 22.7 Å². The molecule has 5 rings (SSSR count). The Morgan fingerprint density at radius 2 is 1.77 bits per heavy atom. The van der Waals surface area contributed by atoms with Crippen LogP contribution in [0.1, 0.15) is 41.5 Å². The van der Waals surface area contributed by atoms with Crippen LogP contribution in [-0.2, 0) is 32.5 Å². The first-order valence-electron chi connectivity index (χ1n) is 13.3. The molecule has 4 aromatic rings. The van der Waals surface area contributed by atoms with Crippen LogP contribution in [0.2, 0.25) is 0 Å². The van der Waals surface area contributed by atoms with Crippen LogP contribution in [0.4, 0.5) is 0 Å². The average molecular weight is 548 g/mol. The number of carbonyl (C=O) groups excluding carboxylic acids is 1. The van der Waals surface area contributed by atoms with Crippen LogP contribution in [0.3, 0.4) is 0 Å². The fraction of sp³-hybridized carbons (Fsp3) is 0.333. The van der Waals surface area contributed by atoms with Gasteiger partial charge in [0.1, 0.15) is 5.82 Å². The van der Waals surface area contributed by atoms with Gasteiger partial charge in [0.05, 0.1) is 41.8 Å². The summed E-state index contributed by atoms with van der Waals surface area (Å²) in [7, 11) is -2.25. The molecule has 0 amide bonds. The molecule has 1 aromatic heterocycles. The molecule has 3 aromatic carbocycles. The highest BCUT2D eigenvalue weighted by Gasteiger charge is 2.27. The summed E-state index contributed by atoms with van der Waals surface area (Å²) < 4.78 is 40.6. The van der Waals surface area contributed by atoms with Gasteiger partial charge in [0.25, 0.3) is 0 Å². The molecule has 0 radical (unpaired) electrons. The Hall–Kier alpha value is -3.53. The van der Waals surface area contributed by atoms with Gasteiger partial charge in [-0.2, -0.15) is 4.31 Å². The van der Waals surface area contributed by atoms with E-state index < -0.39 is 10.0 Å². The summed E-state index contributed by atoms with van der Waals surface area (Å²) in [5.41, 5.74) is 4.88. The first-order chi connectivity index (χ1) is 18.9. The first-order valence-corrected chi connectivity index (χ1v) is 14.7. The Morgan fingerprint density at radius 3 is 2.49 bits per heavy atom. The van der Waals surface area contributed by atoms with Crippen LogP contribution in [-0.4, -0.2) is 61.7 Å². The number of benzene rings is 3. The number of nitrogens with zero attached hydrogens (tertiary/aromatic N) is 3. The van der Waals surface area contributed by atoms with Gasteiger partial charge in [0.2, 0.25) is 10.0 Å². The van der Waals surface area contributed by atoms with Crippen molar-refractivity contribution in [1.82, 2.24) is 13.9 Å². The lowest BCUT2D eigenvalue weighted by Gasteiger charge is -2.26. The Balaban J connectivity index is 1.49. The van der Waals surface area contributed by atoms with Gasteiger partial charge in [-0.15, -0.1) is 0 Å². The van der Waals surface area contributed by atoms with E-state index in [0.29, 0.717) is 38.4 Å². The summed E-state index contributed by atoms with van der Waals surface area (Å²) >= 11 is 0. The number of esters is 1. The zero-order valence-electron chi connectivity index (χ0n) is 22.3. The fourth-order valence-electron chi connectivity index (χ4n) is 4.95. The molecule has 2 heterocycles. The zero-order chi connectivity index (χ0) is 27.4. The molecule has 0 bridgehead atoms. The van der Waals surface area contributed by atoms with Crippen molar-refractivity contribution in [2.45, 2.75) is 37.6 Å². The zero-order valence-corrected chi connectivity index (χ0v) is 23.1. The number of morpholine rings is 1. The number of sulfonamides is 1. The van der Waals surface area contributed by atoms with Gasteiger partial charge < -0.3 is 14.0 Å². The largest absolute Gasteiger partial charge is 0.465 e. The van der Waals surface area contributed by atoms with Crippen molar-refractivity contribution in [3.05, 3.63) is 83.7 Å². The Kier molecular flexibility index (Phi) is 8.11. The summed E-state index contributed by atoms with van der Waals surface area (Å²) in [6, 6.07) is 20.7. The number of aryl methyl sites for hydroxylation is 1. The highest BCUT2D eigenvalue weighted by molar-refractivity contribution is 7.89. The molecule has 1 fully saturated rings. The third-order valence-corrected chi connectivity index (χ3v) is 8.99. The maximum Gasteiger partial charge on any atom is 0.338 e. The molecule has 1 saturated heterocycles. The molecular formula is C30H33N3O5S. The molecule has 0 spiro atoms. The average Bonchev–Trinajstić information content (AvgIpc) is 3.32. The second kappa shape index (κ2) is 11.7. The molecule has 0 N–H and O–H groups in total. The normalized spacial score (nSPS) is 14.5. The highest BCUT2D eigenvalue weighted by Crippen LogP contribution is 2.28. The summed E-state index contributed by atoms with van der Waals surface area (Å²) in [5.74, 6) is 0.566. The molecule has 1 aliphatic rings. The Labute approximate surface area is 229 Å². The summed E-state index contributed by atoms with van der Waals surface area (Å²) in [6.07, 6.45) is 2.83. The van der Waals surface area contributed by atoms with E-state index in [2.05, 4.69) is 11.5 Å². The Morgan fingerprint density at radius 1 is 1.03 bits per heavy atom. The van der Waals surface area contributed by atoms with E-state index in [1.54, 1.807) is 24.3 Å². The number of fused-ring (bicyclic) bond motifs is 1. The van der Waals surface area contributed by atoms with E-state index in [-0.39, 0.29) is 10.9 Å². The van der Waals surface area contributed by atoms with Gasteiger partial charge in [-0.25, -0.2) is 18.2 Å². The van der Waals surface area contributed by atoms with Gasteiger partial charge in [-0.3, -0.25) is 0 Å². The summed E-state index contributed by atoms with van der Waals surface area (Å²) in [5, 5.41) is 0. The molecule has 0 aliphatic carbocycles. The van der Waals surface area contributed by atoms with Crippen molar-refractivity contribution in [2.75, 3.05) is 33.4 Å². The molecule has 0 saturated carbocycles. The van der Waals surface area contributed by atoms with Gasteiger partial charge in [0, 0.05) is 26.1 Å². The molecule has 39 heavy (non-hydrogen) atoms. The van der Waals surface area contributed by atoms with E-state index in [9.17, 15) is 13.2 Å². The van der Waals surface area contributed by atoms with E-state index in [4.69, 9.17) is 14.5 Å². The van der Waals surface area contributed by atoms with Crippen LogP contribution >= 0.6 is 0 Å². The lowest BCUT2D eigenvalue weighted by molar-refractivity contribution is 0.0601. The van der Waals surface area contributed by atoms with Gasteiger partial charge in [0.15, 0.2) is 0 Å². The molecule has 204 valence electrons. The second-order valence-corrected chi connectivity index (χ2v) is 11.6. The number of hydrogen-bond donors (Lipinski definition) is 0. The molecule has 0 atom stereocenters. The number of ether oxygens (including phenoxy) is 2. The third kappa shape index (κ3) is 5.61. The standard InChI is InChI=1S/C30H33N3O5S/c1-3-4-9-29-31-27-15-14-24(39(35,36)32-16-18-38-19-17-32)20-28(27)33(29)21-22-10-12-23(13-11-22)25-7-5-6-8-26(25)30(34)37-2/h5-8,10-15,20H,3-4,9,16-19,21H2,1-2H3. The minimum atomic E-state index is -3.63. The van der Waals surface area contributed by atoms with Crippen molar-refractivity contribution in [1.29, 1.82) is 0 Å². The molecule has 9 heteroatoms. The molecule has 0 unspecified atom stereocenters. The highest BCUT2D eigenvalue weighted by atomic mass is 32.2. The topological polar surface area (TPSA) is 90.7 Å². The van der Waals surface area contributed by atoms with E-state index in [1.807, 2.05) is 42.5 Å². The number of rotatable bonds is 9. The third-order valence-electron chi connectivity index (χ3n) is 7.10. The first kappa shape index (κ1) is 27.1. The minimum absolute atomic E-state index is 0.273. The Bertz CT molecular complexity index is 1570. The van der Waals surface area contributed by atoms with Gasteiger partial charge in [-0.05, 0) is 47.4 Å². The van der Waals surface area contributed by atoms with Gasteiger partial charge in [-0.1, -0.05) is 55.8 Å². The number of hydrogen-bond acceptors (Lipinski definition) is 6. The van der Waals surface area contributed by atoms with E-state index in [1.165, 1.54) is 11.4 Å². The predicted molar refractivity (Wildman–Crippen MR) is 150 cm³/mol. The van der Waals surface area contributed by atoms with Crippen molar-refractivity contribution in [2.24, 2.45) is 0 Å². The van der Waals surface area contributed by atoms with Crippen LogP contribution in [0.25, 0.3) is 22.2 Å². The lowest BCUT2D eigenvalue weighted by atomic mass is 9.98. The predicted octanol–water partition coefficient (Wildman–Crippen LogP) is 4.90. The van der Waals surface area contributed by atoms with Crippen LogP contribution in [0.5, 0.6) is 0 Å². The van der Waals surface area contributed by atoms with E-state index >= 15 is 0 Å². The van der Waals surface area contributed by atoms with E-state index in [0.717, 1.165) is 52.8 Å². The molecular weight excluding hydrogens is 514 g/mol. The lowest BCUT2D eigenvalue weighted by Crippen LogP contribution is -2.40. The van der Waals surface area contributed by atoms with Crippen LogP contribution < -0.4 is 0 Å². The van der Waals surface area contributed by atoms with Crippen molar-refractivity contribution in [3.63, 3.8) is 0 Å². The number of unbranched alkanes of at least 4 members (excludes halogenated alkanes) is 1. The smallest absolute Gasteiger partial charge is 0.338 e. The maximum atomic E-state index is 13.4. The quantitative estimate of drug-likeness (QED) is 0.277. The monoisotopic (exact) mass is 547 g/mol. The number of methoxy groups -OCH3 is 1. The number of imidazole rings is 1. The van der Waals surface area contributed by atoms with Crippen LogP contribution in [0, 0.1) is 0 Å². The fourth-order valence-corrected chi connectivity index (χ4v) is 6.37.